The molecule has 1 heterocycles. The van der Waals surface area contributed by atoms with E-state index in [4.69, 9.17) is 0 Å². The first-order valence-electron chi connectivity index (χ1n) is 5.74. The Morgan fingerprint density at radius 1 is 1.25 bits per heavy atom. The van der Waals surface area contributed by atoms with Gasteiger partial charge in [-0.25, -0.2) is 4.98 Å². The molecule has 0 aliphatic heterocycles. The van der Waals surface area contributed by atoms with Gasteiger partial charge >= 0.3 is 0 Å². The third-order valence-electron chi connectivity index (χ3n) is 2.70. The minimum absolute atomic E-state index is 0.636. The standard InChI is InChI=1S/C14H18N2/c1-11(2)9-16-10-15-8-14(16)13-7-5-4-6-12(13)3/h4-8,10-11H,9H2,1-3H3. The van der Waals surface area contributed by atoms with Crippen molar-refractivity contribution >= 4 is 0 Å². The van der Waals surface area contributed by atoms with E-state index in [1.807, 2.05) is 12.5 Å². The fraction of sp³-hybridized carbons (Fsp3) is 0.357. The Balaban J connectivity index is 2.41. The van der Waals surface area contributed by atoms with Crippen LogP contribution in [0.3, 0.4) is 0 Å². The monoisotopic (exact) mass is 214 g/mol. The highest BCUT2D eigenvalue weighted by molar-refractivity contribution is 5.63. The van der Waals surface area contributed by atoms with Crippen LogP contribution in [0.25, 0.3) is 11.3 Å². The molecule has 0 atom stereocenters. The van der Waals surface area contributed by atoms with Crippen LogP contribution >= 0.6 is 0 Å². The fourth-order valence-electron chi connectivity index (χ4n) is 1.94. The first kappa shape index (κ1) is 10.9. The van der Waals surface area contributed by atoms with Gasteiger partial charge in [-0.3, -0.25) is 0 Å². The molecule has 2 heteroatoms. The van der Waals surface area contributed by atoms with E-state index in [0.717, 1.165) is 6.54 Å². The number of aromatic nitrogens is 2. The van der Waals surface area contributed by atoms with Gasteiger partial charge in [0.05, 0.1) is 18.2 Å². The van der Waals surface area contributed by atoms with Crippen molar-refractivity contribution in [3.8, 4) is 11.3 Å². The highest BCUT2D eigenvalue weighted by Gasteiger charge is 2.07. The molecule has 0 amide bonds. The van der Waals surface area contributed by atoms with Gasteiger partial charge in [0.2, 0.25) is 0 Å². The predicted molar refractivity (Wildman–Crippen MR) is 67.2 cm³/mol. The van der Waals surface area contributed by atoms with E-state index in [0.29, 0.717) is 5.92 Å². The lowest BCUT2D eigenvalue weighted by atomic mass is 10.1. The highest BCUT2D eigenvalue weighted by atomic mass is 15.0. The maximum atomic E-state index is 4.26. The van der Waals surface area contributed by atoms with E-state index >= 15 is 0 Å². The molecule has 1 aromatic heterocycles. The number of imidazole rings is 1. The quantitative estimate of drug-likeness (QED) is 0.764. The number of aryl methyl sites for hydroxylation is 1. The van der Waals surface area contributed by atoms with Crippen molar-refractivity contribution in [1.29, 1.82) is 0 Å². The van der Waals surface area contributed by atoms with Crippen LogP contribution in [-0.4, -0.2) is 9.55 Å². The summed E-state index contributed by atoms with van der Waals surface area (Å²) in [5.74, 6) is 0.636. The van der Waals surface area contributed by atoms with Gasteiger partial charge < -0.3 is 4.57 Å². The number of nitrogens with zero attached hydrogens (tertiary/aromatic N) is 2. The summed E-state index contributed by atoms with van der Waals surface area (Å²) >= 11 is 0. The van der Waals surface area contributed by atoms with Crippen LogP contribution in [0.15, 0.2) is 36.8 Å². The number of rotatable bonds is 3. The molecule has 0 aliphatic rings. The first-order chi connectivity index (χ1) is 7.68. The molecule has 0 saturated heterocycles. The molecule has 0 fully saturated rings. The second kappa shape index (κ2) is 4.52. The lowest BCUT2D eigenvalue weighted by Crippen LogP contribution is -2.04. The topological polar surface area (TPSA) is 17.8 Å². The number of hydrogen-bond acceptors (Lipinski definition) is 1. The molecule has 0 aliphatic carbocycles. The molecule has 0 radical (unpaired) electrons. The maximum Gasteiger partial charge on any atom is 0.0951 e. The summed E-state index contributed by atoms with van der Waals surface area (Å²) in [7, 11) is 0. The van der Waals surface area contributed by atoms with Gasteiger partial charge in [-0.15, -0.1) is 0 Å². The molecule has 0 N–H and O–H groups in total. The molecule has 84 valence electrons. The van der Waals surface area contributed by atoms with Crippen molar-refractivity contribution in [3.63, 3.8) is 0 Å². The summed E-state index contributed by atoms with van der Waals surface area (Å²) < 4.78 is 2.23. The molecule has 0 saturated carbocycles. The molecule has 2 rings (SSSR count). The molecule has 2 aromatic rings. The Hall–Kier alpha value is -1.57. The van der Waals surface area contributed by atoms with Crippen molar-refractivity contribution in [2.75, 3.05) is 0 Å². The van der Waals surface area contributed by atoms with Gasteiger partial charge in [-0.2, -0.15) is 0 Å². The van der Waals surface area contributed by atoms with Crippen molar-refractivity contribution in [2.24, 2.45) is 5.92 Å². The Morgan fingerprint density at radius 3 is 2.69 bits per heavy atom. The van der Waals surface area contributed by atoms with Crippen molar-refractivity contribution in [1.82, 2.24) is 9.55 Å². The predicted octanol–water partition coefficient (Wildman–Crippen LogP) is 3.51. The zero-order valence-electron chi connectivity index (χ0n) is 10.1. The van der Waals surface area contributed by atoms with Crippen LogP contribution in [0.2, 0.25) is 0 Å². The fourth-order valence-corrected chi connectivity index (χ4v) is 1.94. The van der Waals surface area contributed by atoms with Crippen LogP contribution in [0.1, 0.15) is 19.4 Å². The van der Waals surface area contributed by atoms with Gasteiger partial charge in [0.25, 0.3) is 0 Å². The molecular formula is C14H18N2. The second-order valence-electron chi connectivity index (χ2n) is 4.64. The summed E-state index contributed by atoms with van der Waals surface area (Å²) in [4.78, 5) is 4.26. The van der Waals surface area contributed by atoms with E-state index in [1.165, 1.54) is 16.8 Å². The number of hydrogen-bond donors (Lipinski definition) is 0. The van der Waals surface area contributed by atoms with Gasteiger partial charge in [-0.05, 0) is 18.4 Å². The van der Waals surface area contributed by atoms with Gasteiger partial charge in [0.1, 0.15) is 0 Å². The zero-order chi connectivity index (χ0) is 11.5. The third-order valence-corrected chi connectivity index (χ3v) is 2.70. The number of benzene rings is 1. The van der Waals surface area contributed by atoms with Crippen molar-refractivity contribution in [2.45, 2.75) is 27.3 Å². The average molecular weight is 214 g/mol. The average Bonchev–Trinajstić information content (AvgIpc) is 2.66. The Labute approximate surface area is 97.0 Å². The third kappa shape index (κ3) is 2.16. The van der Waals surface area contributed by atoms with Crippen LogP contribution < -0.4 is 0 Å². The molecular weight excluding hydrogens is 196 g/mol. The maximum absolute atomic E-state index is 4.26. The Kier molecular flexibility index (Phi) is 3.09. The minimum Gasteiger partial charge on any atom is -0.330 e. The van der Waals surface area contributed by atoms with Crippen LogP contribution in [0, 0.1) is 12.8 Å². The van der Waals surface area contributed by atoms with Crippen LogP contribution in [-0.2, 0) is 6.54 Å². The van der Waals surface area contributed by atoms with Gasteiger partial charge in [0, 0.05) is 12.1 Å². The first-order valence-corrected chi connectivity index (χ1v) is 5.74. The zero-order valence-corrected chi connectivity index (χ0v) is 10.1. The summed E-state index contributed by atoms with van der Waals surface area (Å²) in [6, 6.07) is 8.45. The van der Waals surface area contributed by atoms with E-state index in [1.54, 1.807) is 0 Å². The SMILES string of the molecule is Cc1ccccc1-c1cncn1CC(C)C. The van der Waals surface area contributed by atoms with E-state index < -0.39 is 0 Å². The van der Waals surface area contributed by atoms with E-state index in [2.05, 4.69) is 54.6 Å². The molecule has 0 bridgehead atoms. The lowest BCUT2D eigenvalue weighted by molar-refractivity contribution is 0.526. The van der Waals surface area contributed by atoms with Crippen molar-refractivity contribution in [3.05, 3.63) is 42.4 Å². The summed E-state index contributed by atoms with van der Waals surface area (Å²) in [5, 5.41) is 0. The Bertz CT molecular complexity index is 469. The highest BCUT2D eigenvalue weighted by Crippen LogP contribution is 2.23. The van der Waals surface area contributed by atoms with Crippen LogP contribution in [0.5, 0.6) is 0 Å². The molecule has 1 aromatic carbocycles. The summed E-state index contributed by atoms with van der Waals surface area (Å²) in [5.41, 5.74) is 3.79. The summed E-state index contributed by atoms with van der Waals surface area (Å²) in [6.07, 6.45) is 3.87. The molecule has 0 spiro atoms. The second-order valence-corrected chi connectivity index (χ2v) is 4.64. The molecule has 0 unspecified atom stereocenters. The van der Waals surface area contributed by atoms with E-state index in [9.17, 15) is 0 Å². The van der Waals surface area contributed by atoms with E-state index in [-0.39, 0.29) is 0 Å². The Morgan fingerprint density at radius 2 is 2.00 bits per heavy atom. The van der Waals surface area contributed by atoms with Gasteiger partial charge in [0.15, 0.2) is 0 Å². The smallest absolute Gasteiger partial charge is 0.0951 e. The van der Waals surface area contributed by atoms with Gasteiger partial charge in [-0.1, -0.05) is 38.1 Å². The molecule has 16 heavy (non-hydrogen) atoms. The minimum atomic E-state index is 0.636. The lowest BCUT2D eigenvalue weighted by Gasteiger charge is -2.12. The summed E-state index contributed by atoms with van der Waals surface area (Å²) in [6.45, 7) is 7.61. The van der Waals surface area contributed by atoms with Crippen molar-refractivity contribution < 1.29 is 0 Å². The van der Waals surface area contributed by atoms with Crippen LogP contribution in [0.4, 0.5) is 0 Å². The molecule has 2 nitrogen and oxygen atoms in total. The normalized spacial score (nSPS) is 11.0. The largest absolute Gasteiger partial charge is 0.330 e.